The number of carbonyl (C=O) groups excluding carboxylic acids is 3. The van der Waals surface area contributed by atoms with Gasteiger partial charge in [0.25, 0.3) is 0 Å². The van der Waals surface area contributed by atoms with Crippen LogP contribution in [0.15, 0.2) is 60.7 Å². The fourth-order valence-corrected chi connectivity index (χ4v) is 4.12. The van der Waals surface area contributed by atoms with Crippen LogP contribution in [0.3, 0.4) is 0 Å². The lowest BCUT2D eigenvalue weighted by atomic mass is 9.84. The summed E-state index contributed by atoms with van der Waals surface area (Å²) in [5.74, 6) is 0.375. The topological polar surface area (TPSA) is 51.2 Å². The van der Waals surface area contributed by atoms with Gasteiger partial charge in [-0.2, -0.15) is 0 Å². The smallest absolute Gasteiger partial charge is 0.162 e. The van der Waals surface area contributed by atoms with Crippen molar-refractivity contribution in [2.45, 2.75) is 51.4 Å². The summed E-state index contributed by atoms with van der Waals surface area (Å²) < 4.78 is 0. The minimum absolute atomic E-state index is 0.0491. The molecule has 0 radical (unpaired) electrons. The monoisotopic (exact) mass is 376 g/mol. The number of benzene rings is 2. The Kier molecular flexibility index (Phi) is 7.30. The molecule has 28 heavy (non-hydrogen) atoms. The second-order valence-electron chi connectivity index (χ2n) is 7.74. The van der Waals surface area contributed by atoms with Gasteiger partial charge in [0.1, 0.15) is 5.78 Å². The Morgan fingerprint density at radius 3 is 1.46 bits per heavy atom. The average Bonchev–Trinajstić information content (AvgIpc) is 2.92. The first-order valence-electron chi connectivity index (χ1n) is 10.4. The zero-order valence-electron chi connectivity index (χ0n) is 16.3. The first kappa shape index (κ1) is 20.2. The van der Waals surface area contributed by atoms with Crippen LogP contribution in [0.4, 0.5) is 0 Å². The lowest BCUT2D eigenvalue weighted by Crippen LogP contribution is -2.23. The highest BCUT2D eigenvalue weighted by Crippen LogP contribution is 2.31. The zero-order chi connectivity index (χ0) is 19.8. The zero-order valence-corrected chi connectivity index (χ0v) is 16.3. The Bertz CT molecular complexity index is 728. The summed E-state index contributed by atoms with van der Waals surface area (Å²) in [7, 11) is 0. The van der Waals surface area contributed by atoms with Gasteiger partial charge in [0.2, 0.25) is 0 Å². The van der Waals surface area contributed by atoms with Crippen LogP contribution in [0.1, 0.15) is 72.1 Å². The molecule has 0 bridgehead atoms. The highest BCUT2D eigenvalue weighted by atomic mass is 16.1. The van der Waals surface area contributed by atoms with Crippen LogP contribution >= 0.6 is 0 Å². The molecule has 3 heteroatoms. The van der Waals surface area contributed by atoms with Crippen molar-refractivity contribution in [3.63, 3.8) is 0 Å². The van der Waals surface area contributed by atoms with Gasteiger partial charge in [-0.1, -0.05) is 73.5 Å². The molecule has 0 spiro atoms. The predicted molar refractivity (Wildman–Crippen MR) is 110 cm³/mol. The van der Waals surface area contributed by atoms with E-state index in [0.29, 0.717) is 36.8 Å². The minimum Gasteiger partial charge on any atom is -0.299 e. The van der Waals surface area contributed by atoms with Gasteiger partial charge < -0.3 is 0 Å². The van der Waals surface area contributed by atoms with Crippen molar-refractivity contribution in [3.05, 3.63) is 71.8 Å². The molecule has 0 aromatic heterocycles. The van der Waals surface area contributed by atoms with Crippen molar-refractivity contribution in [3.8, 4) is 0 Å². The SMILES string of the molecule is O=C(CC[C@@H]1CCCC[C@@H](CCC(=O)c2ccccc2)C1=O)c1ccccc1. The maximum absolute atomic E-state index is 13.0. The molecule has 146 valence electrons. The third-order valence-electron chi connectivity index (χ3n) is 5.79. The van der Waals surface area contributed by atoms with Crippen LogP contribution in [0.25, 0.3) is 0 Å². The van der Waals surface area contributed by atoms with Crippen molar-refractivity contribution < 1.29 is 14.4 Å². The van der Waals surface area contributed by atoms with Gasteiger partial charge in [-0.05, 0) is 25.7 Å². The summed E-state index contributed by atoms with van der Waals surface area (Å²) in [5.41, 5.74) is 1.43. The molecule has 2 atom stereocenters. The maximum Gasteiger partial charge on any atom is 0.162 e. The van der Waals surface area contributed by atoms with E-state index in [-0.39, 0.29) is 29.2 Å². The molecular weight excluding hydrogens is 348 g/mol. The Balaban J connectivity index is 1.54. The van der Waals surface area contributed by atoms with E-state index in [0.717, 1.165) is 25.7 Å². The second kappa shape index (κ2) is 10.1. The molecule has 1 fully saturated rings. The Morgan fingerprint density at radius 1 is 0.679 bits per heavy atom. The molecule has 0 unspecified atom stereocenters. The maximum atomic E-state index is 13.0. The van der Waals surface area contributed by atoms with Crippen molar-refractivity contribution in [1.29, 1.82) is 0 Å². The van der Waals surface area contributed by atoms with E-state index in [1.54, 1.807) is 0 Å². The number of rotatable bonds is 8. The summed E-state index contributed by atoms with van der Waals surface area (Å²) in [5, 5.41) is 0. The van der Waals surface area contributed by atoms with Gasteiger partial charge >= 0.3 is 0 Å². The van der Waals surface area contributed by atoms with Crippen molar-refractivity contribution >= 4 is 17.3 Å². The molecule has 1 aliphatic rings. The number of Topliss-reactive ketones (excluding diaryl/α,β-unsaturated/α-hetero) is 3. The summed E-state index contributed by atoms with van der Waals surface area (Å²) >= 11 is 0. The van der Waals surface area contributed by atoms with Crippen LogP contribution in [0, 0.1) is 11.8 Å². The van der Waals surface area contributed by atoms with E-state index in [1.807, 2.05) is 60.7 Å². The van der Waals surface area contributed by atoms with Gasteiger partial charge in [0.05, 0.1) is 0 Å². The molecule has 2 aromatic rings. The number of hydrogen-bond donors (Lipinski definition) is 0. The summed E-state index contributed by atoms with van der Waals surface area (Å²) in [6.07, 6.45) is 5.85. The Hall–Kier alpha value is -2.55. The number of carbonyl (C=O) groups is 3. The van der Waals surface area contributed by atoms with Gasteiger partial charge in [-0.3, -0.25) is 14.4 Å². The van der Waals surface area contributed by atoms with E-state index >= 15 is 0 Å². The molecule has 2 aromatic carbocycles. The van der Waals surface area contributed by atoms with Crippen molar-refractivity contribution in [2.75, 3.05) is 0 Å². The van der Waals surface area contributed by atoms with Crippen molar-refractivity contribution in [2.24, 2.45) is 11.8 Å². The van der Waals surface area contributed by atoms with Gasteiger partial charge in [-0.25, -0.2) is 0 Å². The average molecular weight is 376 g/mol. The molecule has 0 heterocycles. The highest BCUT2D eigenvalue weighted by molar-refractivity contribution is 5.97. The third kappa shape index (κ3) is 5.48. The van der Waals surface area contributed by atoms with Gasteiger partial charge in [-0.15, -0.1) is 0 Å². The number of ketones is 3. The van der Waals surface area contributed by atoms with Crippen LogP contribution < -0.4 is 0 Å². The molecular formula is C25H28O3. The van der Waals surface area contributed by atoms with Crippen LogP contribution in [0.5, 0.6) is 0 Å². The van der Waals surface area contributed by atoms with Crippen LogP contribution in [-0.4, -0.2) is 17.3 Å². The molecule has 3 nitrogen and oxygen atoms in total. The van der Waals surface area contributed by atoms with E-state index in [1.165, 1.54) is 0 Å². The van der Waals surface area contributed by atoms with Crippen LogP contribution in [-0.2, 0) is 4.79 Å². The normalized spacial score (nSPS) is 19.8. The molecule has 0 N–H and O–H groups in total. The summed E-state index contributed by atoms with van der Waals surface area (Å²) in [6.45, 7) is 0. The fourth-order valence-electron chi connectivity index (χ4n) is 4.12. The standard InChI is InChI=1S/C25H28O3/c26-23(19-9-3-1-4-10-19)17-15-21-13-7-8-14-22(25(21)28)16-18-24(27)20-11-5-2-6-12-20/h1-6,9-12,21-22H,7-8,13-18H2/t21-,22-/m0/s1. The van der Waals surface area contributed by atoms with E-state index < -0.39 is 0 Å². The lowest BCUT2D eigenvalue weighted by Gasteiger charge is -2.18. The first-order valence-corrected chi connectivity index (χ1v) is 10.4. The second-order valence-corrected chi connectivity index (χ2v) is 7.74. The van der Waals surface area contributed by atoms with Crippen LogP contribution in [0.2, 0.25) is 0 Å². The highest BCUT2D eigenvalue weighted by Gasteiger charge is 2.29. The molecule has 0 aliphatic heterocycles. The van der Waals surface area contributed by atoms with E-state index in [9.17, 15) is 14.4 Å². The molecule has 3 rings (SSSR count). The molecule has 0 saturated heterocycles. The lowest BCUT2D eigenvalue weighted by molar-refractivity contribution is -0.127. The quantitative estimate of drug-likeness (QED) is 0.439. The fraction of sp³-hybridized carbons (Fsp3) is 0.400. The summed E-state index contributed by atoms with van der Waals surface area (Å²) in [4.78, 5) is 37.8. The Labute approximate surface area is 167 Å². The molecule has 1 aliphatic carbocycles. The summed E-state index contributed by atoms with van der Waals surface area (Å²) in [6, 6.07) is 18.6. The van der Waals surface area contributed by atoms with Gasteiger partial charge in [0.15, 0.2) is 11.6 Å². The largest absolute Gasteiger partial charge is 0.299 e. The van der Waals surface area contributed by atoms with E-state index in [2.05, 4.69) is 0 Å². The molecule has 1 saturated carbocycles. The third-order valence-corrected chi connectivity index (χ3v) is 5.79. The van der Waals surface area contributed by atoms with Gasteiger partial charge in [0, 0.05) is 35.8 Å². The first-order chi connectivity index (χ1) is 13.6. The predicted octanol–water partition coefficient (Wildman–Crippen LogP) is 5.69. The number of hydrogen-bond acceptors (Lipinski definition) is 3. The molecule has 0 amide bonds. The Morgan fingerprint density at radius 2 is 1.07 bits per heavy atom. The van der Waals surface area contributed by atoms with Crippen molar-refractivity contribution in [1.82, 2.24) is 0 Å². The minimum atomic E-state index is -0.0491. The van der Waals surface area contributed by atoms with E-state index in [4.69, 9.17) is 0 Å².